The van der Waals surface area contributed by atoms with Crippen LogP contribution in [0, 0.1) is 0 Å². The summed E-state index contributed by atoms with van der Waals surface area (Å²) in [5.41, 5.74) is 1.31. The second-order valence-corrected chi connectivity index (χ2v) is 12.3. The van der Waals surface area contributed by atoms with Crippen molar-refractivity contribution in [3.8, 4) is 11.8 Å². The quantitative estimate of drug-likeness (QED) is 0.283. The maximum absolute atomic E-state index is 14.2. The van der Waals surface area contributed by atoms with Gasteiger partial charge in [-0.2, -0.15) is 4.98 Å². The van der Waals surface area contributed by atoms with Gasteiger partial charge >= 0.3 is 6.09 Å². The molecule has 0 saturated carbocycles. The van der Waals surface area contributed by atoms with Crippen molar-refractivity contribution < 1.29 is 32.2 Å². The summed E-state index contributed by atoms with van der Waals surface area (Å²) in [6, 6.07) is 15.8. The number of amides is 2. The van der Waals surface area contributed by atoms with Gasteiger partial charge in [-0.15, -0.1) is 0 Å². The number of ether oxygens (including phenoxy) is 3. The Balaban J connectivity index is 1.64. The van der Waals surface area contributed by atoms with Crippen molar-refractivity contribution in [2.24, 2.45) is 7.05 Å². The van der Waals surface area contributed by atoms with Crippen LogP contribution < -0.4 is 24.4 Å². The summed E-state index contributed by atoms with van der Waals surface area (Å²) in [7, 11) is 0.569. The van der Waals surface area contributed by atoms with Gasteiger partial charge in [0.25, 0.3) is 10.0 Å². The van der Waals surface area contributed by atoms with Gasteiger partial charge in [-0.1, -0.05) is 18.2 Å². The van der Waals surface area contributed by atoms with E-state index in [1.165, 1.54) is 26.4 Å². The summed E-state index contributed by atoms with van der Waals surface area (Å²) in [5, 5.41) is 6.73. The number of anilines is 1. The molecule has 0 radical (unpaired) electrons. The smallest absolute Gasteiger partial charge is 0.408 e. The molecule has 2 aromatic carbocycles. The first-order valence-electron chi connectivity index (χ1n) is 13.2. The molecule has 0 saturated heterocycles. The number of para-hydroxylation sites is 1. The van der Waals surface area contributed by atoms with Crippen molar-refractivity contribution in [2.45, 2.75) is 31.3 Å². The topological polar surface area (TPSA) is 141 Å². The molecule has 2 N–H and O–H groups in total. The number of fused-ring (bicyclic) bond motifs is 3. The SMILES string of the molecule is COc1ccc(N(CCNC(=O)CNC(=O)OC(C)(C)C)S(=O)(=O)c2ccc3c(c2)c2ccccc2n3C)c(OC)n1. The number of hydrogen-bond donors (Lipinski definition) is 2. The molecule has 0 bridgehead atoms. The summed E-state index contributed by atoms with van der Waals surface area (Å²) in [6.07, 6.45) is -0.736. The van der Waals surface area contributed by atoms with Crippen LogP contribution in [0.2, 0.25) is 0 Å². The first-order valence-corrected chi connectivity index (χ1v) is 14.6. The van der Waals surface area contributed by atoms with Gasteiger partial charge in [0.05, 0.1) is 32.2 Å². The number of pyridine rings is 1. The van der Waals surface area contributed by atoms with E-state index in [0.29, 0.717) is 0 Å². The zero-order chi connectivity index (χ0) is 30.7. The molecule has 12 nitrogen and oxygen atoms in total. The molecule has 4 rings (SSSR count). The van der Waals surface area contributed by atoms with Crippen LogP contribution in [0.15, 0.2) is 59.5 Å². The molecule has 2 aromatic heterocycles. The van der Waals surface area contributed by atoms with Gasteiger partial charge in [0.1, 0.15) is 11.3 Å². The lowest BCUT2D eigenvalue weighted by molar-refractivity contribution is -0.120. The second kappa shape index (κ2) is 12.1. The number of nitrogens with zero attached hydrogens (tertiary/aromatic N) is 3. The van der Waals surface area contributed by atoms with Gasteiger partial charge < -0.3 is 29.4 Å². The molecule has 42 heavy (non-hydrogen) atoms. The number of carbonyl (C=O) groups excluding carboxylic acids is 2. The van der Waals surface area contributed by atoms with E-state index in [1.807, 2.05) is 35.9 Å². The van der Waals surface area contributed by atoms with Crippen LogP contribution in [-0.2, 0) is 26.6 Å². The molecule has 2 heterocycles. The van der Waals surface area contributed by atoms with E-state index >= 15 is 0 Å². The lowest BCUT2D eigenvalue weighted by Gasteiger charge is -2.26. The van der Waals surface area contributed by atoms with E-state index in [4.69, 9.17) is 14.2 Å². The third kappa shape index (κ3) is 6.51. The average Bonchev–Trinajstić information content (AvgIpc) is 3.24. The molecular weight excluding hydrogens is 562 g/mol. The second-order valence-electron chi connectivity index (χ2n) is 10.4. The van der Waals surface area contributed by atoms with Gasteiger partial charge in [0, 0.05) is 41.5 Å². The highest BCUT2D eigenvalue weighted by molar-refractivity contribution is 7.92. The number of rotatable bonds is 10. The van der Waals surface area contributed by atoms with E-state index in [0.717, 1.165) is 26.1 Å². The molecule has 0 fully saturated rings. The van der Waals surface area contributed by atoms with Gasteiger partial charge in [-0.05, 0) is 51.1 Å². The molecule has 0 aliphatic heterocycles. The average molecular weight is 598 g/mol. The van der Waals surface area contributed by atoms with E-state index in [2.05, 4.69) is 15.6 Å². The standard InChI is InChI=1S/C29H35N5O7S/c1-29(2,3)41-28(36)31-18-25(35)30-15-16-34(24-13-14-26(39-5)32-27(24)40-6)42(37,38)19-11-12-23-21(17-19)20-9-7-8-10-22(20)33(23)4/h7-14,17H,15-16,18H2,1-6H3,(H,30,35)(H,31,36). The zero-order valence-corrected chi connectivity index (χ0v) is 25.2. The number of aryl methyl sites for hydroxylation is 1. The van der Waals surface area contributed by atoms with Crippen molar-refractivity contribution in [2.75, 3.05) is 38.2 Å². The summed E-state index contributed by atoms with van der Waals surface area (Å²) < 4.78 is 47.2. The Morgan fingerprint density at radius 1 is 0.952 bits per heavy atom. The lowest BCUT2D eigenvalue weighted by Crippen LogP contribution is -2.43. The van der Waals surface area contributed by atoms with E-state index in [1.54, 1.807) is 39.0 Å². The minimum atomic E-state index is -4.18. The third-order valence-electron chi connectivity index (χ3n) is 6.39. The minimum absolute atomic E-state index is 0.0297. The monoisotopic (exact) mass is 597 g/mol. The summed E-state index contributed by atoms with van der Waals surface area (Å²) >= 11 is 0. The number of methoxy groups -OCH3 is 2. The van der Waals surface area contributed by atoms with E-state index in [-0.39, 0.29) is 42.0 Å². The van der Waals surface area contributed by atoms with Crippen LogP contribution in [0.5, 0.6) is 11.8 Å². The Bertz CT molecular complexity index is 1730. The predicted molar refractivity (Wildman–Crippen MR) is 160 cm³/mol. The van der Waals surface area contributed by atoms with Gasteiger partial charge in [-0.3, -0.25) is 9.10 Å². The molecule has 0 spiro atoms. The lowest BCUT2D eigenvalue weighted by atomic mass is 10.1. The maximum atomic E-state index is 14.2. The number of aromatic nitrogens is 2. The molecule has 0 unspecified atom stereocenters. The Kier molecular flexibility index (Phi) is 8.81. The number of hydrogen-bond acceptors (Lipinski definition) is 8. The normalized spacial score (nSPS) is 11.8. The first-order chi connectivity index (χ1) is 19.9. The highest BCUT2D eigenvalue weighted by atomic mass is 32.2. The number of alkyl carbamates (subject to hydrolysis) is 1. The molecule has 2 amide bonds. The van der Waals surface area contributed by atoms with Crippen LogP contribution in [0.25, 0.3) is 21.8 Å². The molecule has 0 atom stereocenters. The van der Waals surface area contributed by atoms with Crippen LogP contribution in [-0.4, -0.2) is 69.4 Å². The van der Waals surface area contributed by atoms with E-state index in [9.17, 15) is 18.0 Å². The number of carbonyl (C=O) groups is 2. The number of nitrogens with one attached hydrogen (secondary N) is 2. The van der Waals surface area contributed by atoms with Crippen LogP contribution in [0.4, 0.5) is 10.5 Å². The Hall–Kier alpha value is -4.52. The fourth-order valence-electron chi connectivity index (χ4n) is 4.50. The van der Waals surface area contributed by atoms with Crippen molar-refractivity contribution in [1.82, 2.24) is 20.2 Å². The summed E-state index contributed by atoms with van der Waals surface area (Å²) in [6.45, 7) is 4.57. The zero-order valence-electron chi connectivity index (χ0n) is 24.4. The van der Waals surface area contributed by atoms with Crippen LogP contribution in [0.1, 0.15) is 20.8 Å². The Morgan fingerprint density at radius 3 is 2.36 bits per heavy atom. The van der Waals surface area contributed by atoms with Gasteiger partial charge in [-0.25, -0.2) is 13.2 Å². The fourth-order valence-corrected chi connectivity index (χ4v) is 5.99. The summed E-state index contributed by atoms with van der Waals surface area (Å²) in [4.78, 5) is 28.6. The van der Waals surface area contributed by atoms with Crippen molar-refractivity contribution >= 4 is 49.5 Å². The maximum Gasteiger partial charge on any atom is 0.408 e. The van der Waals surface area contributed by atoms with Crippen LogP contribution in [0.3, 0.4) is 0 Å². The van der Waals surface area contributed by atoms with Gasteiger partial charge in [0.15, 0.2) is 0 Å². The highest BCUT2D eigenvalue weighted by Gasteiger charge is 2.29. The third-order valence-corrected chi connectivity index (χ3v) is 8.20. The molecule has 0 aliphatic carbocycles. The molecule has 13 heteroatoms. The van der Waals surface area contributed by atoms with E-state index < -0.39 is 27.6 Å². The number of benzene rings is 2. The van der Waals surface area contributed by atoms with Crippen molar-refractivity contribution in [1.29, 1.82) is 0 Å². The number of sulfonamides is 1. The fraction of sp³-hybridized carbons (Fsp3) is 0.345. The predicted octanol–water partition coefficient (Wildman–Crippen LogP) is 3.58. The Labute approximate surface area is 244 Å². The molecule has 224 valence electrons. The highest BCUT2D eigenvalue weighted by Crippen LogP contribution is 2.35. The molecule has 4 aromatic rings. The van der Waals surface area contributed by atoms with Crippen molar-refractivity contribution in [3.63, 3.8) is 0 Å². The molecule has 0 aliphatic rings. The first kappa shape index (κ1) is 30.4. The largest absolute Gasteiger partial charge is 0.481 e. The summed E-state index contributed by atoms with van der Waals surface area (Å²) in [5.74, 6) is -0.246. The Morgan fingerprint density at radius 2 is 1.67 bits per heavy atom. The molecular formula is C29H35N5O7S. The van der Waals surface area contributed by atoms with Crippen LogP contribution >= 0.6 is 0 Å². The minimum Gasteiger partial charge on any atom is -0.481 e. The van der Waals surface area contributed by atoms with Crippen molar-refractivity contribution in [3.05, 3.63) is 54.6 Å². The van der Waals surface area contributed by atoms with Gasteiger partial charge in [0.2, 0.25) is 17.7 Å².